The molecular formula is C26H25ClF2O3S. The molecule has 1 aliphatic rings. The normalized spacial score (nSPS) is 18.4. The lowest BCUT2D eigenvalue weighted by Gasteiger charge is -2.38. The van der Waals surface area contributed by atoms with E-state index in [0.717, 1.165) is 22.6 Å². The zero-order valence-electron chi connectivity index (χ0n) is 17.9. The minimum Gasteiger partial charge on any atom is -0.490 e. The van der Waals surface area contributed by atoms with Crippen LogP contribution in [0, 0.1) is 17.6 Å². The molecule has 3 aromatic rings. The second-order valence-electron chi connectivity index (χ2n) is 7.94. The van der Waals surface area contributed by atoms with Crippen LogP contribution in [0.15, 0.2) is 71.6 Å². The van der Waals surface area contributed by atoms with Gasteiger partial charge < -0.3 is 14.6 Å². The molecule has 0 aromatic heterocycles. The van der Waals surface area contributed by atoms with Gasteiger partial charge in [-0.1, -0.05) is 41.9 Å². The molecule has 0 bridgehead atoms. The van der Waals surface area contributed by atoms with Gasteiger partial charge in [0, 0.05) is 33.3 Å². The van der Waals surface area contributed by atoms with Gasteiger partial charge in [0.05, 0.1) is 19.3 Å². The van der Waals surface area contributed by atoms with Crippen LogP contribution in [-0.2, 0) is 11.3 Å². The molecule has 3 aromatic carbocycles. The largest absolute Gasteiger partial charge is 0.490 e. The van der Waals surface area contributed by atoms with Gasteiger partial charge in [0.25, 0.3) is 0 Å². The Labute approximate surface area is 201 Å². The van der Waals surface area contributed by atoms with Crippen molar-refractivity contribution in [3.8, 4) is 5.75 Å². The molecule has 1 aliphatic heterocycles. The summed E-state index contributed by atoms with van der Waals surface area (Å²) in [6.07, 6.45) is 0.784. The number of thioether (sulfide) groups is 1. The lowest BCUT2D eigenvalue weighted by atomic mass is 9.88. The van der Waals surface area contributed by atoms with E-state index in [9.17, 15) is 9.50 Å². The topological polar surface area (TPSA) is 38.7 Å². The van der Waals surface area contributed by atoms with Crippen molar-refractivity contribution in [3.05, 3.63) is 94.5 Å². The second-order valence-corrected chi connectivity index (χ2v) is 9.59. The van der Waals surface area contributed by atoms with Crippen molar-refractivity contribution in [2.45, 2.75) is 35.7 Å². The van der Waals surface area contributed by atoms with Crippen molar-refractivity contribution in [1.82, 2.24) is 0 Å². The van der Waals surface area contributed by atoms with Gasteiger partial charge in [-0.05, 0) is 54.8 Å². The van der Waals surface area contributed by atoms with Gasteiger partial charge in [0.15, 0.2) is 11.6 Å². The minimum absolute atomic E-state index is 0.0212. The highest BCUT2D eigenvalue weighted by molar-refractivity contribution is 7.99. The third kappa shape index (κ3) is 5.87. The number of rotatable bonds is 9. The maximum absolute atomic E-state index is 15.0. The number of aliphatic hydroxyl groups is 1. The summed E-state index contributed by atoms with van der Waals surface area (Å²) >= 11 is 7.48. The summed E-state index contributed by atoms with van der Waals surface area (Å²) in [4.78, 5) is 0.884. The highest BCUT2D eigenvalue weighted by Gasteiger charge is 2.40. The number of aliphatic hydroxyl groups excluding tert-OH is 1. The third-order valence-corrected chi connectivity index (χ3v) is 7.33. The molecule has 0 amide bonds. The van der Waals surface area contributed by atoms with Gasteiger partial charge in [0.2, 0.25) is 0 Å². The fraction of sp³-hybridized carbons (Fsp3) is 0.308. The Bertz CT molecular complexity index is 1050. The number of hydrogen-bond acceptors (Lipinski definition) is 4. The summed E-state index contributed by atoms with van der Waals surface area (Å²) < 4.78 is 41.6. The Balaban J connectivity index is 1.67. The summed E-state index contributed by atoms with van der Waals surface area (Å²) in [6, 6.07) is 19.3. The van der Waals surface area contributed by atoms with E-state index in [2.05, 4.69) is 0 Å². The second kappa shape index (κ2) is 11.3. The molecule has 0 fully saturated rings. The Morgan fingerprint density at radius 2 is 1.76 bits per heavy atom. The summed E-state index contributed by atoms with van der Waals surface area (Å²) in [6.45, 7) is 0.584. The first kappa shape index (κ1) is 24.0. The van der Waals surface area contributed by atoms with Crippen LogP contribution in [0.25, 0.3) is 0 Å². The molecule has 0 saturated carbocycles. The Hall–Kier alpha value is -2.12. The zero-order chi connectivity index (χ0) is 23.2. The zero-order valence-corrected chi connectivity index (χ0v) is 19.5. The molecule has 1 heterocycles. The van der Waals surface area contributed by atoms with E-state index in [4.69, 9.17) is 21.1 Å². The Kier molecular flexibility index (Phi) is 8.25. The standard InChI is InChI=1S/C26H25ClF2O3S/c27-18-8-10-19(11-9-18)33-26-20(16-32-25-22(29)13-12-21(28)24(25)26)23(7-4-14-30)31-15-17-5-2-1-3-6-17/h1-3,5-6,8-13,20,23,26,30H,4,7,14-16H2/t20-,23-,26-/m1/s1. The number of hydrogen-bond donors (Lipinski definition) is 1. The van der Waals surface area contributed by atoms with Crippen LogP contribution < -0.4 is 4.74 Å². The van der Waals surface area contributed by atoms with Gasteiger partial charge >= 0.3 is 0 Å². The fourth-order valence-corrected chi connectivity index (χ4v) is 5.52. The molecule has 1 N–H and O–H groups in total. The molecule has 0 saturated heterocycles. The third-order valence-electron chi connectivity index (χ3n) is 5.70. The quantitative estimate of drug-likeness (QED) is 0.357. The molecule has 0 unspecified atom stereocenters. The molecule has 4 rings (SSSR count). The van der Waals surface area contributed by atoms with E-state index in [1.165, 1.54) is 11.8 Å². The predicted octanol–water partition coefficient (Wildman–Crippen LogP) is 6.82. The SMILES string of the molecule is OCCC[C@@H](OCc1ccccc1)[C@H]1COc2c(F)ccc(F)c2[C@@H]1Sc1ccc(Cl)cc1. The molecule has 7 heteroatoms. The Morgan fingerprint density at radius 1 is 1.03 bits per heavy atom. The molecule has 3 atom stereocenters. The average molecular weight is 491 g/mol. The molecule has 0 aliphatic carbocycles. The van der Waals surface area contributed by atoms with E-state index < -0.39 is 16.9 Å². The maximum Gasteiger partial charge on any atom is 0.165 e. The summed E-state index contributed by atoms with van der Waals surface area (Å²) in [5, 5.41) is 9.61. The lowest BCUT2D eigenvalue weighted by Crippen LogP contribution is -2.37. The van der Waals surface area contributed by atoms with Crippen LogP contribution in [0.2, 0.25) is 5.02 Å². The van der Waals surface area contributed by atoms with Crippen LogP contribution in [0.3, 0.4) is 0 Å². The minimum atomic E-state index is -0.580. The predicted molar refractivity (Wildman–Crippen MR) is 127 cm³/mol. The van der Waals surface area contributed by atoms with Crippen molar-refractivity contribution in [2.24, 2.45) is 5.92 Å². The van der Waals surface area contributed by atoms with E-state index in [1.54, 1.807) is 12.1 Å². The van der Waals surface area contributed by atoms with E-state index in [0.29, 0.717) is 24.5 Å². The summed E-state index contributed by atoms with van der Waals surface area (Å²) in [7, 11) is 0. The van der Waals surface area contributed by atoms with E-state index in [-0.39, 0.29) is 36.5 Å². The van der Waals surface area contributed by atoms with Crippen molar-refractivity contribution < 1.29 is 23.4 Å². The first-order chi connectivity index (χ1) is 16.1. The Morgan fingerprint density at radius 3 is 2.48 bits per heavy atom. The van der Waals surface area contributed by atoms with Gasteiger partial charge in [-0.2, -0.15) is 0 Å². The average Bonchev–Trinajstić information content (AvgIpc) is 2.84. The highest BCUT2D eigenvalue weighted by atomic mass is 35.5. The van der Waals surface area contributed by atoms with Crippen molar-refractivity contribution in [3.63, 3.8) is 0 Å². The molecule has 33 heavy (non-hydrogen) atoms. The van der Waals surface area contributed by atoms with Crippen LogP contribution in [0.4, 0.5) is 8.78 Å². The van der Waals surface area contributed by atoms with Gasteiger partial charge in [-0.15, -0.1) is 11.8 Å². The number of benzene rings is 3. The van der Waals surface area contributed by atoms with Gasteiger partial charge in [-0.3, -0.25) is 0 Å². The number of fused-ring (bicyclic) bond motifs is 1. The molecule has 174 valence electrons. The van der Waals surface area contributed by atoms with Crippen molar-refractivity contribution >= 4 is 23.4 Å². The van der Waals surface area contributed by atoms with Crippen LogP contribution in [0.5, 0.6) is 5.75 Å². The van der Waals surface area contributed by atoms with Crippen molar-refractivity contribution in [2.75, 3.05) is 13.2 Å². The van der Waals surface area contributed by atoms with Crippen molar-refractivity contribution in [1.29, 1.82) is 0 Å². The molecule has 0 radical (unpaired) electrons. The number of halogens is 3. The van der Waals surface area contributed by atoms with Gasteiger partial charge in [0.1, 0.15) is 5.82 Å². The van der Waals surface area contributed by atoms with Crippen LogP contribution in [0.1, 0.15) is 29.2 Å². The summed E-state index contributed by atoms with van der Waals surface area (Å²) in [5.74, 6) is -1.39. The highest BCUT2D eigenvalue weighted by Crippen LogP contribution is 2.51. The first-order valence-corrected chi connectivity index (χ1v) is 12.1. The van der Waals surface area contributed by atoms with Crippen LogP contribution in [-0.4, -0.2) is 24.4 Å². The van der Waals surface area contributed by atoms with Gasteiger partial charge in [-0.25, -0.2) is 8.78 Å². The molecule has 0 spiro atoms. The lowest BCUT2D eigenvalue weighted by molar-refractivity contribution is -0.0271. The fourth-order valence-electron chi connectivity index (χ4n) is 4.04. The van der Waals surface area contributed by atoms with E-state index in [1.807, 2.05) is 42.5 Å². The maximum atomic E-state index is 15.0. The number of ether oxygens (including phenoxy) is 2. The molecule has 3 nitrogen and oxygen atoms in total. The molecular weight excluding hydrogens is 466 g/mol. The van der Waals surface area contributed by atoms with E-state index >= 15 is 4.39 Å². The van der Waals surface area contributed by atoms with Crippen LogP contribution >= 0.6 is 23.4 Å². The summed E-state index contributed by atoms with van der Waals surface area (Å²) in [5.41, 5.74) is 1.23. The smallest absolute Gasteiger partial charge is 0.165 e. The first-order valence-electron chi connectivity index (χ1n) is 10.9. The monoisotopic (exact) mass is 490 g/mol.